The molecule has 0 saturated heterocycles. The van der Waals surface area contributed by atoms with Gasteiger partial charge in [-0.1, -0.05) is 18.2 Å². The molecule has 1 aromatic carbocycles. The van der Waals surface area contributed by atoms with E-state index in [2.05, 4.69) is 16.8 Å². The summed E-state index contributed by atoms with van der Waals surface area (Å²) in [7, 11) is 0. The summed E-state index contributed by atoms with van der Waals surface area (Å²) < 4.78 is 0. The molecule has 0 aliphatic carbocycles. The van der Waals surface area contributed by atoms with Crippen LogP contribution in [0.4, 0.5) is 0 Å². The number of thioether (sulfide) groups is 1. The van der Waals surface area contributed by atoms with Crippen molar-refractivity contribution in [2.75, 3.05) is 6.54 Å². The molecule has 0 bridgehead atoms. The number of carbonyl (C=O) groups excluding carboxylic acids is 1. The lowest BCUT2D eigenvalue weighted by Gasteiger charge is -2.19. The molecule has 5 heteroatoms. The van der Waals surface area contributed by atoms with Crippen LogP contribution >= 0.6 is 23.1 Å². The summed E-state index contributed by atoms with van der Waals surface area (Å²) in [4.78, 5) is 14.6. The van der Waals surface area contributed by atoms with Gasteiger partial charge in [0.15, 0.2) is 0 Å². The van der Waals surface area contributed by atoms with E-state index < -0.39 is 5.54 Å². The minimum atomic E-state index is -0.408. The van der Waals surface area contributed by atoms with E-state index >= 15 is 0 Å². The van der Waals surface area contributed by atoms with Crippen molar-refractivity contribution in [1.29, 1.82) is 0 Å². The maximum atomic E-state index is 12.3. The maximum Gasteiger partial charge on any atom is 0.252 e. The number of nitrogens with one attached hydrogen (secondary N) is 1. The van der Waals surface area contributed by atoms with Crippen molar-refractivity contribution in [2.24, 2.45) is 5.73 Å². The lowest BCUT2D eigenvalue weighted by Crippen LogP contribution is -2.45. The van der Waals surface area contributed by atoms with Gasteiger partial charge in [0.1, 0.15) is 0 Å². The summed E-state index contributed by atoms with van der Waals surface area (Å²) >= 11 is 3.42. The normalized spacial score (nSPS) is 11.4. The van der Waals surface area contributed by atoms with E-state index in [1.807, 2.05) is 44.2 Å². The van der Waals surface area contributed by atoms with E-state index in [4.69, 9.17) is 5.73 Å². The Balaban J connectivity index is 2.03. The molecule has 2 aromatic rings. The van der Waals surface area contributed by atoms with Crippen LogP contribution in [0.3, 0.4) is 0 Å². The molecule has 0 spiro atoms. The fourth-order valence-electron chi connectivity index (χ4n) is 1.73. The van der Waals surface area contributed by atoms with Gasteiger partial charge in [-0.15, -0.1) is 23.1 Å². The third-order valence-electron chi connectivity index (χ3n) is 2.79. The smallest absolute Gasteiger partial charge is 0.252 e. The van der Waals surface area contributed by atoms with E-state index in [1.165, 1.54) is 4.88 Å². The Kier molecular flexibility index (Phi) is 5.45. The average Bonchev–Trinajstić information content (AvgIpc) is 2.95. The maximum absolute atomic E-state index is 12.3. The van der Waals surface area contributed by atoms with E-state index in [0.717, 1.165) is 10.6 Å². The van der Waals surface area contributed by atoms with Crippen molar-refractivity contribution in [3.63, 3.8) is 0 Å². The first-order chi connectivity index (χ1) is 9.96. The molecule has 3 nitrogen and oxygen atoms in total. The van der Waals surface area contributed by atoms with E-state index in [1.54, 1.807) is 23.1 Å². The fraction of sp³-hybridized carbons (Fsp3) is 0.312. The van der Waals surface area contributed by atoms with E-state index in [-0.39, 0.29) is 5.91 Å². The van der Waals surface area contributed by atoms with Gasteiger partial charge in [0.05, 0.1) is 5.56 Å². The van der Waals surface area contributed by atoms with Crippen molar-refractivity contribution in [3.8, 4) is 0 Å². The van der Waals surface area contributed by atoms with Gasteiger partial charge >= 0.3 is 0 Å². The molecule has 112 valence electrons. The number of nitrogens with two attached hydrogens (primary N) is 1. The first-order valence-electron chi connectivity index (χ1n) is 6.77. The van der Waals surface area contributed by atoms with Crippen molar-refractivity contribution in [2.45, 2.75) is 30.0 Å². The molecule has 0 fully saturated rings. The first kappa shape index (κ1) is 16.1. The number of benzene rings is 1. The largest absolute Gasteiger partial charge is 0.350 e. The molecular formula is C16H20N2OS2. The highest BCUT2D eigenvalue weighted by atomic mass is 32.2. The van der Waals surface area contributed by atoms with Gasteiger partial charge in [0.2, 0.25) is 0 Å². The molecule has 0 unspecified atom stereocenters. The summed E-state index contributed by atoms with van der Waals surface area (Å²) in [5.74, 6) is 0.812. The zero-order valence-electron chi connectivity index (χ0n) is 12.3. The predicted octanol–water partition coefficient (Wildman–Crippen LogP) is 3.51. The molecule has 0 atom stereocenters. The minimum Gasteiger partial charge on any atom is -0.350 e. The molecule has 0 radical (unpaired) electrons. The van der Waals surface area contributed by atoms with Crippen molar-refractivity contribution >= 4 is 29.0 Å². The molecule has 21 heavy (non-hydrogen) atoms. The Morgan fingerprint density at radius 3 is 2.71 bits per heavy atom. The number of thiophene rings is 1. The van der Waals surface area contributed by atoms with Crippen molar-refractivity contribution in [1.82, 2.24) is 5.32 Å². The summed E-state index contributed by atoms with van der Waals surface area (Å²) in [6.45, 7) is 4.24. The van der Waals surface area contributed by atoms with Gasteiger partial charge < -0.3 is 11.1 Å². The Morgan fingerprint density at radius 1 is 1.29 bits per heavy atom. The lowest BCUT2D eigenvalue weighted by atomic mass is 10.1. The van der Waals surface area contributed by atoms with Crippen LogP contribution in [0.2, 0.25) is 0 Å². The zero-order chi connectivity index (χ0) is 15.3. The van der Waals surface area contributed by atoms with Crippen LogP contribution in [0.1, 0.15) is 29.1 Å². The van der Waals surface area contributed by atoms with Gasteiger partial charge in [-0.3, -0.25) is 4.79 Å². The summed E-state index contributed by atoms with van der Waals surface area (Å²) in [5, 5.41) is 4.97. The molecule has 2 rings (SSSR count). The number of hydrogen-bond acceptors (Lipinski definition) is 4. The van der Waals surface area contributed by atoms with Gasteiger partial charge in [0.25, 0.3) is 5.91 Å². The van der Waals surface area contributed by atoms with Crippen LogP contribution < -0.4 is 11.1 Å². The molecule has 0 aliphatic rings. The second kappa shape index (κ2) is 7.11. The van der Waals surface area contributed by atoms with Crippen LogP contribution in [-0.2, 0) is 5.75 Å². The Hall–Kier alpha value is -1.30. The van der Waals surface area contributed by atoms with E-state index in [9.17, 15) is 4.79 Å². The van der Waals surface area contributed by atoms with Crippen molar-refractivity contribution in [3.05, 3.63) is 52.2 Å². The SMILES string of the molecule is CC(C)(N)CNC(=O)c1ccccc1SCc1cccs1. The topological polar surface area (TPSA) is 55.1 Å². The predicted molar refractivity (Wildman–Crippen MR) is 90.9 cm³/mol. The number of hydrogen-bond donors (Lipinski definition) is 2. The average molecular weight is 320 g/mol. The highest BCUT2D eigenvalue weighted by molar-refractivity contribution is 7.98. The summed E-state index contributed by atoms with van der Waals surface area (Å²) in [6.07, 6.45) is 0. The molecule has 1 amide bonds. The fourth-order valence-corrected chi connectivity index (χ4v) is 3.55. The van der Waals surface area contributed by atoms with Crippen LogP contribution in [0.5, 0.6) is 0 Å². The van der Waals surface area contributed by atoms with Gasteiger partial charge in [-0.25, -0.2) is 0 Å². The highest BCUT2D eigenvalue weighted by Crippen LogP contribution is 2.27. The van der Waals surface area contributed by atoms with Gasteiger partial charge in [-0.05, 0) is 37.4 Å². The number of carbonyl (C=O) groups is 1. The van der Waals surface area contributed by atoms with Crippen LogP contribution in [0, 0.1) is 0 Å². The van der Waals surface area contributed by atoms with Crippen LogP contribution in [0.15, 0.2) is 46.7 Å². The van der Waals surface area contributed by atoms with Crippen LogP contribution in [0.25, 0.3) is 0 Å². The lowest BCUT2D eigenvalue weighted by molar-refractivity contribution is 0.0943. The molecule has 1 aromatic heterocycles. The van der Waals surface area contributed by atoms with Crippen molar-refractivity contribution < 1.29 is 4.79 Å². The Morgan fingerprint density at radius 2 is 2.05 bits per heavy atom. The van der Waals surface area contributed by atoms with Gasteiger partial charge in [0, 0.05) is 27.6 Å². The van der Waals surface area contributed by atoms with Crippen LogP contribution in [-0.4, -0.2) is 18.0 Å². The monoisotopic (exact) mass is 320 g/mol. The quantitative estimate of drug-likeness (QED) is 0.801. The zero-order valence-corrected chi connectivity index (χ0v) is 13.9. The second-order valence-electron chi connectivity index (χ2n) is 5.54. The molecular weight excluding hydrogens is 300 g/mol. The Bertz CT molecular complexity index is 589. The summed E-state index contributed by atoms with van der Waals surface area (Å²) in [6, 6.07) is 11.8. The first-order valence-corrected chi connectivity index (χ1v) is 8.63. The minimum absolute atomic E-state index is 0.0668. The molecule has 0 saturated carbocycles. The molecule has 1 heterocycles. The molecule has 3 N–H and O–H groups in total. The second-order valence-corrected chi connectivity index (χ2v) is 7.58. The molecule has 0 aliphatic heterocycles. The Labute approximate surface area is 133 Å². The van der Waals surface area contributed by atoms with Gasteiger partial charge in [-0.2, -0.15) is 0 Å². The third kappa shape index (κ3) is 5.19. The number of rotatable bonds is 6. The standard InChI is InChI=1S/C16H20N2OS2/c1-16(2,17)11-18-15(19)13-7-3-4-8-14(13)21-10-12-6-5-9-20-12/h3-9H,10-11,17H2,1-2H3,(H,18,19). The third-order valence-corrected chi connectivity index (χ3v) is 4.97. The highest BCUT2D eigenvalue weighted by Gasteiger charge is 2.15. The number of amides is 1. The van der Waals surface area contributed by atoms with E-state index in [0.29, 0.717) is 12.1 Å². The summed E-state index contributed by atoms with van der Waals surface area (Å²) in [5.41, 5.74) is 6.21.